The van der Waals surface area contributed by atoms with Gasteiger partial charge in [0.1, 0.15) is 0 Å². The zero-order valence-corrected chi connectivity index (χ0v) is 10.9. The number of hydrogen-bond donors (Lipinski definition) is 2. The molecule has 1 fully saturated rings. The second-order valence-corrected chi connectivity index (χ2v) is 4.77. The van der Waals surface area contributed by atoms with Crippen molar-refractivity contribution in [1.29, 1.82) is 0 Å². The van der Waals surface area contributed by atoms with E-state index >= 15 is 0 Å². The van der Waals surface area contributed by atoms with Gasteiger partial charge in [-0.15, -0.1) is 0 Å². The number of carboxylic acids is 1. The summed E-state index contributed by atoms with van der Waals surface area (Å²) in [6.07, 6.45) is -0.945. The molecule has 1 atom stereocenters. The van der Waals surface area contributed by atoms with Crippen molar-refractivity contribution in [1.82, 2.24) is 10.2 Å². The number of ether oxygens (including phenoxy) is 2. The molecule has 7 nitrogen and oxygen atoms in total. The number of amides is 2. The molecule has 2 N–H and O–H groups in total. The van der Waals surface area contributed by atoms with Crippen molar-refractivity contribution >= 4 is 12.0 Å². The Balaban J connectivity index is 2.44. The lowest BCUT2D eigenvalue weighted by atomic mass is 10.1. The molecule has 104 valence electrons. The molecule has 0 aromatic heterocycles. The molecule has 0 aliphatic carbocycles. The number of carboxylic acid groups (broad SMARTS) is 1. The Morgan fingerprint density at radius 1 is 1.56 bits per heavy atom. The van der Waals surface area contributed by atoms with Crippen LogP contribution in [0.2, 0.25) is 0 Å². The SMILES string of the molecule is COC(C)(C)CNC(=O)N1CCOC(C(=O)O)C1. The Hall–Kier alpha value is -1.34. The molecule has 0 spiro atoms. The van der Waals surface area contributed by atoms with E-state index in [-0.39, 0.29) is 19.2 Å². The molecular formula is C11H20N2O5. The lowest BCUT2D eigenvalue weighted by molar-refractivity contribution is -0.154. The minimum absolute atomic E-state index is 0.0641. The average Bonchev–Trinajstić information content (AvgIpc) is 2.36. The first-order chi connectivity index (χ1) is 8.35. The third kappa shape index (κ3) is 4.15. The second kappa shape index (κ2) is 6.01. The Bertz CT molecular complexity index is 319. The number of urea groups is 1. The number of hydrogen-bond acceptors (Lipinski definition) is 4. The summed E-state index contributed by atoms with van der Waals surface area (Å²) >= 11 is 0. The van der Waals surface area contributed by atoms with Gasteiger partial charge < -0.3 is 24.8 Å². The number of aliphatic carboxylic acids is 1. The summed E-state index contributed by atoms with van der Waals surface area (Å²) in [5.41, 5.74) is -0.450. The number of nitrogens with zero attached hydrogens (tertiary/aromatic N) is 1. The van der Waals surface area contributed by atoms with Crippen molar-refractivity contribution in [3.63, 3.8) is 0 Å². The van der Waals surface area contributed by atoms with E-state index in [9.17, 15) is 9.59 Å². The zero-order chi connectivity index (χ0) is 13.8. The number of rotatable bonds is 4. The summed E-state index contributed by atoms with van der Waals surface area (Å²) in [6.45, 7) is 4.76. The van der Waals surface area contributed by atoms with Gasteiger partial charge in [-0.05, 0) is 13.8 Å². The van der Waals surface area contributed by atoms with Crippen LogP contribution < -0.4 is 5.32 Å². The first kappa shape index (κ1) is 14.7. The summed E-state index contributed by atoms with van der Waals surface area (Å²) < 4.78 is 10.2. The van der Waals surface area contributed by atoms with E-state index in [1.165, 1.54) is 4.90 Å². The smallest absolute Gasteiger partial charge is 0.334 e. The number of nitrogens with one attached hydrogen (secondary N) is 1. The third-order valence-electron chi connectivity index (χ3n) is 2.85. The van der Waals surface area contributed by atoms with Gasteiger partial charge in [0.15, 0.2) is 6.10 Å². The van der Waals surface area contributed by atoms with E-state index in [1.54, 1.807) is 7.11 Å². The molecule has 0 bridgehead atoms. The van der Waals surface area contributed by atoms with Crippen LogP contribution in [0, 0.1) is 0 Å². The molecule has 1 aliphatic heterocycles. The fourth-order valence-electron chi connectivity index (χ4n) is 1.46. The average molecular weight is 260 g/mol. The van der Waals surface area contributed by atoms with Crippen molar-refractivity contribution in [3.8, 4) is 0 Å². The molecular weight excluding hydrogens is 240 g/mol. The lowest BCUT2D eigenvalue weighted by Crippen LogP contribution is -2.53. The highest BCUT2D eigenvalue weighted by atomic mass is 16.5. The number of carbonyl (C=O) groups is 2. The molecule has 0 aromatic carbocycles. The van der Waals surface area contributed by atoms with Gasteiger partial charge in [0, 0.05) is 20.2 Å². The van der Waals surface area contributed by atoms with Crippen LogP contribution in [0.1, 0.15) is 13.8 Å². The van der Waals surface area contributed by atoms with Crippen LogP contribution in [-0.2, 0) is 14.3 Å². The molecule has 1 rings (SSSR count). The van der Waals surface area contributed by atoms with Crippen molar-refractivity contribution < 1.29 is 24.2 Å². The molecule has 0 saturated carbocycles. The summed E-state index contributed by atoms with van der Waals surface area (Å²) in [6, 6.07) is -0.297. The highest BCUT2D eigenvalue weighted by Gasteiger charge is 2.29. The quantitative estimate of drug-likeness (QED) is 0.737. The standard InChI is InChI=1S/C11H20N2O5/c1-11(2,17-3)7-12-10(16)13-4-5-18-8(6-13)9(14)15/h8H,4-7H2,1-3H3,(H,12,16)(H,14,15). The van der Waals surface area contributed by atoms with E-state index in [0.29, 0.717) is 13.1 Å². The molecule has 0 aromatic rings. The monoisotopic (exact) mass is 260 g/mol. The van der Waals surface area contributed by atoms with E-state index in [2.05, 4.69) is 5.32 Å². The molecule has 18 heavy (non-hydrogen) atoms. The maximum atomic E-state index is 11.8. The van der Waals surface area contributed by atoms with Gasteiger partial charge in [-0.2, -0.15) is 0 Å². The van der Waals surface area contributed by atoms with E-state index in [0.717, 1.165) is 0 Å². The van der Waals surface area contributed by atoms with Crippen LogP contribution in [0.5, 0.6) is 0 Å². The number of carbonyl (C=O) groups excluding carboxylic acids is 1. The fourth-order valence-corrected chi connectivity index (χ4v) is 1.46. The van der Waals surface area contributed by atoms with Crippen LogP contribution in [0.3, 0.4) is 0 Å². The van der Waals surface area contributed by atoms with Gasteiger partial charge in [0.2, 0.25) is 0 Å². The Kier molecular flexibility index (Phi) is 4.92. The minimum atomic E-state index is -1.05. The van der Waals surface area contributed by atoms with Crippen LogP contribution in [-0.4, -0.2) is 67.1 Å². The normalized spacial score (nSPS) is 20.6. The third-order valence-corrected chi connectivity index (χ3v) is 2.85. The van der Waals surface area contributed by atoms with E-state index in [4.69, 9.17) is 14.6 Å². The predicted molar refractivity (Wildman–Crippen MR) is 63.4 cm³/mol. The first-order valence-electron chi connectivity index (χ1n) is 5.78. The van der Waals surface area contributed by atoms with Gasteiger partial charge in [-0.1, -0.05) is 0 Å². The molecule has 2 amide bonds. The highest BCUT2D eigenvalue weighted by molar-refractivity contribution is 5.77. The molecule has 1 heterocycles. The molecule has 1 aliphatic rings. The topological polar surface area (TPSA) is 88.1 Å². The first-order valence-corrected chi connectivity index (χ1v) is 5.78. The van der Waals surface area contributed by atoms with Crippen LogP contribution >= 0.6 is 0 Å². The molecule has 1 saturated heterocycles. The minimum Gasteiger partial charge on any atom is -0.479 e. The summed E-state index contributed by atoms with van der Waals surface area (Å²) in [4.78, 5) is 24.1. The van der Waals surface area contributed by atoms with Crippen molar-refractivity contribution in [3.05, 3.63) is 0 Å². The maximum absolute atomic E-state index is 11.8. The van der Waals surface area contributed by atoms with Gasteiger partial charge in [-0.25, -0.2) is 9.59 Å². The lowest BCUT2D eigenvalue weighted by Gasteiger charge is -2.32. The zero-order valence-electron chi connectivity index (χ0n) is 10.9. The molecule has 0 radical (unpaired) electrons. The van der Waals surface area contributed by atoms with Crippen LogP contribution in [0.4, 0.5) is 4.79 Å². The summed E-state index contributed by atoms with van der Waals surface area (Å²) in [5.74, 6) is -1.05. The summed E-state index contributed by atoms with van der Waals surface area (Å²) in [5, 5.41) is 11.5. The van der Waals surface area contributed by atoms with Gasteiger partial charge in [-0.3, -0.25) is 0 Å². The largest absolute Gasteiger partial charge is 0.479 e. The van der Waals surface area contributed by atoms with Crippen molar-refractivity contribution in [2.45, 2.75) is 25.6 Å². The fraction of sp³-hybridized carbons (Fsp3) is 0.818. The number of methoxy groups -OCH3 is 1. The van der Waals surface area contributed by atoms with Gasteiger partial charge in [0.05, 0.1) is 18.8 Å². The summed E-state index contributed by atoms with van der Waals surface area (Å²) in [7, 11) is 1.57. The predicted octanol–water partition coefficient (Wildman–Crippen LogP) is -0.0936. The maximum Gasteiger partial charge on any atom is 0.334 e. The number of morpholine rings is 1. The van der Waals surface area contributed by atoms with Crippen LogP contribution in [0.25, 0.3) is 0 Å². The Morgan fingerprint density at radius 2 is 2.22 bits per heavy atom. The van der Waals surface area contributed by atoms with E-state index in [1.807, 2.05) is 13.8 Å². The Morgan fingerprint density at radius 3 is 2.78 bits per heavy atom. The highest BCUT2D eigenvalue weighted by Crippen LogP contribution is 2.08. The van der Waals surface area contributed by atoms with Crippen molar-refractivity contribution in [2.24, 2.45) is 0 Å². The Labute approximate surface area is 106 Å². The molecule has 7 heteroatoms. The van der Waals surface area contributed by atoms with Gasteiger partial charge >= 0.3 is 12.0 Å². The van der Waals surface area contributed by atoms with Crippen molar-refractivity contribution in [2.75, 3.05) is 33.4 Å². The van der Waals surface area contributed by atoms with Gasteiger partial charge in [0.25, 0.3) is 0 Å². The molecule has 1 unspecified atom stereocenters. The van der Waals surface area contributed by atoms with Crippen LogP contribution in [0.15, 0.2) is 0 Å². The van der Waals surface area contributed by atoms with E-state index < -0.39 is 17.7 Å². The second-order valence-electron chi connectivity index (χ2n) is 4.77.